The molecule has 1 aliphatic carbocycles. The number of aldehydes is 1. The molecule has 0 aromatic heterocycles. The van der Waals surface area contributed by atoms with E-state index in [1.807, 2.05) is 20.8 Å². The highest BCUT2D eigenvalue weighted by Gasteiger charge is 2.20. The molecule has 1 fully saturated rings. The fourth-order valence-corrected chi connectivity index (χ4v) is 3.59. The van der Waals surface area contributed by atoms with Gasteiger partial charge in [-0.15, -0.1) is 0 Å². The lowest BCUT2D eigenvalue weighted by Gasteiger charge is -2.25. The smallest absolute Gasteiger partial charge is 0.306 e. The van der Waals surface area contributed by atoms with Crippen LogP contribution in [0.2, 0.25) is 0 Å². The lowest BCUT2D eigenvalue weighted by atomic mass is 9.80. The molecular weight excluding hydrogens is 300 g/mol. The average Bonchev–Trinajstić information content (AvgIpc) is 2.52. The van der Waals surface area contributed by atoms with Crippen LogP contribution < -0.4 is 0 Å². The van der Waals surface area contributed by atoms with Crippen LogP contribution in [0, 0.1) is 11.8 Å². The van der Waals surface area contributed by atoms with Crippen molar-refractivity contribution in [3.05, 3.63) is 0 Å². The predicted molar refractivity (Wildman–Crippen MR) is 98.9 cm³/mol. The van der Waals surface area contributed by atoms with Gasteiger partial charge in [0.05, 0.1) is 0 Å². The zero-order valence-corrected chi connectivity index (χ0v) is 16.1. The number of hydrogen-bond acceptors (Lipinski definition) is 3. The number of ether oxygens (including phenoxy) is 1. The molecule has 0 heterocycles. The third-order valence-corrected chi connectivity index (χ3v) is 5.00. The van der Waals surface area contributed by atoms with E-state index in [0.717, 1.165) is 37.9 Å². The molecule has 24 heavy (non-hydrogen) atoms. The minimum atomic E-state index is -0.358. The van der Waals surface area contributed by atoms with Crippen molar-refractivity contribution >= 4 is 12.3 Å². The fraction of sp³-hybridized carbons (Fsp3) is 0.905. The second-order valence-electron chi connectivity index (χ2n) is 8.52. The molecule has 1 saturated carbocycles. The van der Waals surface area contributed by atoms with Gasteiger partial charge in [0, 0.05) is 12.3 Å². The molecule has 1 aliphatic rings. The Bertz CT molecular complexity index is 349. The monoisotopic (exact) mass is 338 g/mol. The maximum Gasteiger partial charge on any atom is 0.306 e. The Kier molecular flexibility index (Phi) is 10.3. The fourth-order valence-electron chi connectivity index (χ4n) is 3.59. The highest BCUT2D eigenvalue weighted by molar-refractivity contribution is 5.69. The Morgan fingerprint density at radius 1 is 0.917 bits per heavy atom. The third-order valence-electron chi connectivity index (χ3n) is 5.00. The van der Waals surface area contributed by atoms with Crippen LogP contribution in [0.4, 0.5) is 0 Å². The molecule has 0 spiro atoms. The van der Waals surface area contributed by atoms with Crippen LogP contribution in [0.5, 0.6) is 0 Å². The van der Waals surface area contributed by atoms with Gasteiger partial charge in [0.2, 0.25) is 0 Å². The van der Waals surface area contributed by atoms with E-state index in [1.165, 1.54) is 51.4 Å². The maximum atomic E-state index is 11.6. The summed E-state index contributed by atoms with van der Waals surface area (Å²) in [5.74, 6) is 1.16. The van der Waals surface area contributed by atoms with Gasteiger partial charge in [0.25, 0.3) is 0 Å². The van der Waals surface area contributed by atoms with Gasteiger partial charge in [-0.1, -0.05) is 44.9 Å². The third kappa shape index (κ3) is 10.8. The summed E-state index contributed by atoms with van der Waals surface area (Å²) in [6, 6.07) is 0. The van der Waals surface area contributed by atoms with Crippen LogP contribution in [-0.4, -0.2) is 17.9 Å². The molecule has 3 nitrogen and oxygen atoms in total. The van der Waals surface area contributed by atoms with E-state index in [2.05, 4.69) is 0 Å². The Morgan fingerprint density at radius 2 is 1.46 bits per heavy atom. The van der Waals surface area contributed by atoms with Gasteiger partial charge in [-0.05, 0) is 58.8 Å². The van der Waals surface area contributed by atoms with Crippen LogP contribution in [-0.2, 0) is 14.3 Å². The molecule has 0 saturated heterocycles. The predicted octanol–water partition coefficient (Wildman–Crippen LogP) is 5.84. The quantitative estimate of drug-likeness (QED) is 0.270. The largest absolute Gasteiger partial charge is 0.460 e. The molecule has 1 rings (SSSR count). The summed E-state index contributed by atoms with van der Waals surface area (Å²) >= 11 is 0. The van der Waals surface area contributed by atoms with E-state index in [1.54, 1.807) is 0 Å². The van der Waals surface area contributed by atoms with Crippen LogP contribution in [0.15, 0.2) is 0 Å². The number of rotatable bonds is 11. The van der Waals surface area contributed by atoms with Crippen molar-refractivity contribution in [2.24, 2.45) is 11.8 Å². The summed E-state index contributed by atoms with van der Waals surface area (Å²) in [7, 11) is 0. The first-order valence-corrected chi connectivity index (χ1v) is 10.1. The Morgan fingerprint density at radius 3 is 2.00 bits per heavy atom. The van der Waals surface area contributed by atoms with E-state index in [0.29, 0.717) is 12.3 Å². The Labute approximate surface area is 148 Å². The van der Waals surface area contributed by atoms with Crippen LogP contribution >= 0.6 is 0 Å². The second-order valence-corrected chi connectivity index (χ2v) is 8.52. The van der Waals surface area contributed by atoms with Crippen LogP contribution in [0.25, 0.3) is 0 Å². The Hall–Kier alpha value is -0.860. The summed E-state index contributed by atoms with van der Waals surface area (Å²) in [5, 5.41) is 0. The average molecular weight is 339 g/mol. The van der Waals surface area contributed by atoms with Gasteiger partial charge in [-0.3, -0.25) is 4.79 Å². The minimum Gasteiger partial charge on any atom is -0.460 e. The highest BCUT2D eigenvalue weighted by Crippen LogP contribution is 2.31. The molecule has 0 unspecified atom stereocenters. The summed E-state index contributed by atoms with van der Waals surface area (Å²) in [6.45, 7) is 5.75. The molecule has 0 aromatic carbocycles. The van der Waals surface area contributed by atoms with Gasteiger partial charge in [0.1, 0.15) is 11.9 Å². The molecule has 0 bridgehead atoms. The van der Waals surface area contributed by atoms with Crippen molar-refractivity contribution in [1.82, 2.24) is 0 Å². The van der Waals surface area contributed by atoms with Crippen molar-refractivity contribution < 1.29 is 14.3 Å². The molecule has 0 aliphatic heterocycles. The van der Waals surface area contributed by atoms with Crippen LogP contribution in [0.1, 0.15) is 104 Å². The van der Waals surface area contributed by atoms with E-state index >= 15 is 0 Å². The van der Waals surface area contributed by atoms with E-state index < -0.39 is 0 Å². The van der Waals surface area contributed by atoms with Crippen molar-refractivity contribution in [2.45, 2.75) is 110 Å². The van der Waals surface area contributed by atoms with Crippen LogP contribution in [0.3, 0.4) is 0 Å². The maximum absolute atomic E-state index is 11.6. The molecular formula is C21H38O3. The van der Waals surface area contributed by atoms with Gasteiger partial charge in [-0.2, -0.15) is 0 Å². The topological polar surface area (TPSA) is 43.4 Å². The van der Waals surface area contributed by atoms with Crippen molar-refractivity contribution in [1.29, 1.82) is 0 Å². The van der Waals surface area contributed by atoms with Crippen molar-refractivity contribution in [3.63, 3.8) is 0 Å². The molecule has 0 amide bonds. The van der Waals surface area contributed by atoms with E-state index in [-0.39, 0.29) is 11.6 Å². The molecule has 0 atom stereocenters. The zero-order valence-electron chi connectivity index (χ0n) is 16.1. The molecule has 3 heteroatoms. The van der Waals surface area contributed by atoms with Gasteiger partial charge < -0.3 is 9.53 Å². The van der Waals surface area contributed by atoms with E-state index in [9.17, 15) is 9.59 Å². The number of carbonyl (C=O) groups is 2. The number of esters is 1. The first-order valence-electron chi connectivity index (χ1n) is 10.1. The summed E-state index contributed by atoms with van der Waals surface area (Å²) < 4.78 is 5.31. The highest BCUT2D eigenvalue weighted by atomic mass is 16.6. The van der Waals surface area contributed by atoms with Crippen molar-refractivity contribution in [2.75, 3.05) is 0 Å². The lowest BCUT2D eigenvalue weighted by molar-refractivity contribution is -0.154. The first kappa shape index (κ1) is 21.2. The molecule has 0 aromatic rings. The minimum absolute atomic E-state index is 0.0631. The molecule has 0 radical (unpaired) electrons. The van der Waals surface area contributed by atoms with Gasteiger partial charge in [0.15, 0.2) is 0 Å². The normalized spacial score (nSPS) is 21.5. The summed E-state index contributed by atoms with van der Waals surface area (Å²) in [4.78, 5) is 22.3. The zero-order chi connectivity index (χ0) is 17.8. The van der Waals surface area contributed by atoms with Gasteiger partial charge >= 0.3 is 5.97 Å². The van der Waals surface area contributed by atoms with Crippen molar-refractivity contribution in [3.8, 4) is 0 Å². The number of hydrogen-bond donors (Lipinski definition) is 0. The second kappa shape index (κ2) is 11.7. The SMILES string of the molecule is CC(C)(C)OC(=O)CCCCCCCCC[C@H]1CC[C@H](C=O)CC1. The molecule has 0 N–H and O–H groups in total. The number of carbonyl (C=O) groups excluding carboxylic acids is 2. The lowest BCUT2D eigenvalue weighted by Crippen LogP contribution is -2.23. The Balaban J connectivity index is 1.86. The summed E-state index contributed by atoms with van der Waals surface area (Å²) in [5.41, 5.74) is -0.358. The van der Waals surface area contributed by atoms with E-state index in [4.69, 9.17) is 4.74 Å². The molecule has 140 valence electrons. The standard InChI is InChI=1S/C21H38O3/c1-21(2,3)24-20(23)12-10-8-6-4-5-7-9-11-18-13-15-19(17-22)16-14-18/h17-19H,4-16H2,1-3H3/t18-,19-. The number of unbranched alkanes of at least 4 members (excludes halogenated alkanes) is 6. The first-order chi connectivity index (χ1) is 11.4. The van der Waals surface area contributed by atoms with Gasteiger partial charge in [-0.25, -0.2) is 0 Å². The summed E-state index contributed by atoms with van der Waals surface area (Å²) in [6.07, 6.45) is 16.4.